The van der Waals surface area contributed by atoms with Crippen molar-refractivity contribution in [2.24, 2.45) is 0 Å². The molecule has 2 N–H and O–H groups in total. The molecule has 0 aliphatic carbocycles. The number of hydrogen-bond acceptors (Lipinski definition) is 3. The summed E-state index contributed by atoms with van der Waals surface area (Å²) in [6, 6.07) is 5.79. The second-order valence-electron chi connectivity index (χ2n) is 4.04. The summed E-state index contributed by atoms with van der Waals surface area (Å²) < 4.78 is 28.7. The quantitative estimate of drug-likeness (QED) is 0.824. The van der Waals surface area contributed by atoms with Crippen molar-refractivity contribution in [2.45, 2.75) is 32.0 Å². The molecule has 0 aromatic heterocycles. The van der Waals surface area contributed by atoms with E-state index in [2.05, 4.69) is 4.74 Å². The number of carboxylic acid groups (broad SMARTS) is 1. The highest BCUT2D eigenvalue weighted by atomic mass is 19.3. The maximum Gasteiger partial charge on any atom is 0.387 e. The van der Waals surface area contributed by atoms with Crippen LogP contribution in [0.25, 0.3) is 0 Å². The van der Waals surface area contributed by atoms with Crippen molar-refractivity contribution in [1.82, 2.24) is 0 Å². The van der Waals surface area contributed by atoms with Crippen LogP contribution in [0.1, 0.15) is 25.3 Å². The number of carboxylic acids is 1. The van der Waals surface area contributed by atoms with E-state index in [-0.39, 0.29) is 24.2 Å². The molecular weight excluding hydrogens is 246 g/mol. The fourth-order valence-electron chi connectivity index (χ4n) is 1.60. The van der Waals surface area contributed by atoms with Gasteiger partial charge in [0.15, 0.2) is 0 Å². The summed E-state index contributed by atoms with van der Waals surface area (Å²) in [5.41, 5.74) is -1.39. The summed E-state index contributed by atoms with van der Waals surface area (Å²) >= 11 is 0. The fraction of sp³-hybridized carbons (Fsp3) is 0.417. The molecular formula is C12H14F2O4. The third-order valence-corrected chi connectivity index (χ3v) is 2.51. The molecule has 1 rings (SSSR count). The molecule has 0 bridgehead atoms. The Morgan fingerprint density at radius 2 is 2.06 bits per heavy atom. The molecule has 1 aromatic carbocycles. The SMILES string of the molecule is CC(O)(CCC(=O)O)c1ccccc1OC(F)F. The maximum absolute atomic E-state index is 12.2. The number of rotatable bonds is 6. The molecule has 100 valence electrons. The van der Waals surface area contributed by atoms with Crippen molar-refractivity contribution in [3.8, 4) is 5.75 Å². The van der Waals surface area contributed by atoms with Crippen molar-refractivity contribution < 1.29 is 28.5 Å². The van der Waals surface area contributed by atoms with E-state index < -0.39 is 18.2 Å². The van der Waals surface area contributed by atoms with E-state index in [1.807, 2.05) is 0 Å². The Bertz CT molecular complexity index is 418. The van der Waals surface area contributed by atoms with E-state index in [1.54, 1.807) is 6.07 Å². The number of para-hydroxylation sites is 1. The molecule has 1 unspecified atom stereocenters. The minimum Gasteiger partial charge on any atom is -0.481 e. The van der Waals surface area contributed by atoms with Crippen LogP contribution in [0.2, 0.25) is 0 Å². The molecule has 4 nitrogen and oxygen atoms in total. The van der Waals surface area contributed by atoms with E-state index in [4.69, 9.17) is 5.11 Å². The molecule has 18 heavy (non-hydrogen) atoms. The average Bonchev–Trinajstić information content (AvgIpc) is 2.26. The van der Waals surface area contributed by atoms with Crippen LogP contribution in [0.3, 0.4) is 0 Å². The number of halogens is 2. The largest absolute Gasteiger partial charge is 0.481 e. The van der Waals surface area contributed by atoms with E-state index >= 15 is 0 Å². The van der Waals surface area contributed by atoms with Crippen LogP contribution in [0.5, 0.6) is 5.75 Å². The number of alkyl halides is 2. The van der Waals surface area contributed by atoms with Gasteiger partial charge in [-0.05, 0) is 19.4 Å². The predicted octanol–water partition coefficient (Wildman–Crippen LogP) is 2.36. The van der Waals surface area contributed by atoms with Crippen LogP contribution in [0, 0.1) is 0 Å². The molecule has 1 aromatic rings. The van der Waals surface area contributed by atoms with Crippen LogP contribution >= 0.6 is 0 Å². The molecule has 0 saturated carbocycles. The Kier molecular flexibility index (Phi) is 4.61. The van der Waals surface area contributed by atoms with Crippen molar-refractivity contribution in [3.05, 3.63) is 29.8 Å². The lowest BCUT2D eigenvalue weighted by Crippen LogP contribution is -2.24. The molecule has 0 aliphatic rings. The first-order chi connectivity index (χ1) is 8.33. The molecule has 0 amide bonds. The summed E-state index contributed by atoms with van der Waals surface area (Å²) in [7, 11) is 0. The Hall–Kier alpha value is -1.69. The van der Waals surface area contributed by atoms with E-state index in [9.17, 15) is 18.7 Å². The molecule has 0 aliphatic heterocycles. The minimum atomic E-state index is -3.00. The molecule has 1 atom stereocenters. The van der Waals surface area contributed by atoms with E-state index in [0.717, 1.165) is 0 Å². The first kappa shape index (κ1) is 14.4. The Morgan fingerprint density at radius 3 is 2.61 bits per heavy atom. The number of benzene rings is 1. The topological polar surface area (TPSA) is 66.8 Å². The highest BCUT2D eigenvalue weighted by Gasteiger charge is 2.28. The first-order valence-corrected chi connectivity index (χ1v) is 5.31. The number of carbonyl (C=O) groups is 1. The van der Waals surface area contributed by atoms with Gasteiger partial charge in [0.1, 0.15) is 5.75 Å². The van der Waals surface area contributed by atoms with E-state index in [0.29, 0.717) is 0 Å². The zero-order chi connectivity index (χ0) is 13.8. The lowest BCUT2D eigenvalue weighted by molar-refractivity contribution is -0.138. The highest BCUT2D eigenvalue weighted by Crippen LogP contribution is 2.33. The Labute approximate surface area is 103 Å². The monoisotopic (exact) mass is 260 g/mol. The van der Waals surface area contributed by atoms with Crippen LogP contribution in [-0.4, -0.2) is 22.8 Å². The lowest BCUT2D eigenvalue weighted by Gasteiger charge is -2.25. The smallest absolute Gasteiger partial charge is 0.387 e. The summed E-state index contributed by atoms with van der Waals surface area (Å²) in [5.74, 6) is -1.22. The second kappa shape index (κ2) is 5.77. The Balaban J connectivity index is 2.95. The van der Waals surface area contributed by atoms with Crippen LogP contribution in [0.4, 0.5) is 8.78 Å². The molecule has 6 heteroatoms. The Morgan fingerprint density at radius 1 is 1.44 bits per heavy atom. The van der Waals surface area contributed by atoms with Crippen LogP contribution < -0.4 is 4.74 Å². The summed E-state index contributed by atoms with van der Waals surface area (Å²) in [5, 5.41) is 18.7. The van der Waals surface area contributed by atoms with Gasteiger partial charge >= 0.3 is 12.6 Å². The van der Waals surface area contributed by atoms with Gasteiger partial charge in [0.2, 0.25) is 0 Å². The van der Waals surface area contributed by atoms with E-state index in [1.165, 1.54) is 25.1 Å². The molecule has 0 saturated heterocycles. The summed E-state index contributed by atoms with van der Waals surface area (Å²) in [4.78, 5) is 10.5. The van der Waals surface area contributed by atoms with Gasteiger partial charge in [-0.2, -0.15) is 8.78 Å². The standard InChI is InChI=1S/C12H14F2O4/c1-12(17,7-6-10(15)16)8-4-2-3-5-9(8)18-11(13)14/h2-5,11,17H,6-7H2,1H3,(H,15,16). The van der Waals surface area contributed by atoms with Gasteiger partial charge in [0.25, 0.3) is 0 Å². The van der Waals surface area contributed by atoms with Crippen molar-refractivity contribution in [2.75, 3.05) is 0 Å². The van der Waals surface area contributed by atoms with Gasteiger partial charge in [-0.1, -0.05) is 18.2 Å². The van der Waals surface area contributed by atoms with Gasteiger partial charge in [0.05, 0.1) is 5.60 Å². The third-order valence-electron chi connectivity index (χ3n) is 2.51. The molecule has 0 heterocycles. The predicted molar refractivity (Wildman–Crippen MR) is 59.5 cm³/mol. The van der Waals surface area contributed by atoms with Crippen molar-refractivity contribution in [3.63, 3.8) is 0 Å². The zero-order valence-corrected chi connectivity index (χ0v) is 9.77. The van der Waals surface area contributed by atoms with Crippen LogP contribution in [-0.2, 0) is 10.4 Å². The maximum atomic E-state index is 12.2. The lowest BCUT2D eigenvalue weighted by atomic mass is 9.90. The molecule has 0 fully saturated rings. The van der Waals surface area contributed by atoms with Crippen LogP contribution in [0.15, 0.2) is 24.3 Å². The number of aliphatic carboxylic acids is 1. The van der Waals surface area contributed by atoms with Crippen molar-refractivity contribution >= 4 is 5.97 Å². The highest BCUT2D eigenvalue weighted by molar-refractivity contribution is 5.66. The second-order valence-corrected chi connectivity index (χ2v) is 4.04. The van der Waals surface area contributed by atoms with Crippen molar-refractivity contribution in [1.29, 1.82) is 0 Å². The summed E-state index contributed by atoms with van der Waals surface area (Å²) in [6.45, 7) is -1.63. The molecule has 0 radical (unpaired) electrons. The first-order valence-electron chi connectivity index (χ1n) is 5.31. The normalized spacial score (nSPS) is 14.3. The average molecular weight is 260 g/mol. The third kappa shape index (κ3) is 3.96. The van der Waals surface area contributed by atoms with Gasteiger partial charge in [0, 0.05) is 12.0 Å². The number of aliphatic hydroxyl groups is 1. The number of hydrogen-bond donors (Lipinski definition) is 2. The van der Waals surface area contributed by atoms with Gasteiger partial charge in [-0.15, -0.1) is 0 Å². The number of ether oxygens (including phenoxy) is 1. The summed E-state index contributed by atoms with van der Waals surface area (Å²) in [6.07, 6.45) is -0.359. The zero-order valence-electron chi connectivity index (χ0n) is 9.77. The van der Waals surface area contributed by atoms with Gasteiger partial charge < -0.3 is 14.9 Å². The minimum absolute atomic E-state index is 0.0913. The molecule has 0 spiro atoms. The van der Waals surface area contributed by atoms with Gasteiger partial charge in [-0.3, -0.25) is 4.79 Å². The fourth-order valence-corrected chi connectivity index (χ4v) is 1.60. The van der Waals surface area contributed by atoms with Gasteiger partial charge in [-0.25, -0.2) is 0 Å².